The minimum Gasteiger partial charge on any atom is -0.444 e. The molecule has 4 aromatic rings. The fraction of sp³-hybridized carbons (Fsp3) is 0.452. The monoisotopic (exact) mass is 527 g/mol. The van der Waals surface area contributed by atoms with E-state index >= 15 is 0 Å². The Morgan fingerprint density at radius 2 is 1.90 bits per heavy atom. The van der Waals surface area contributed by atoms with E-state index in [1.54, 1.807) is 0 Å². The smallest absolute Gasteiger partial charge is 0.407 e. The number of pyridine rings is 1. The van der Waals surface area contributed by atoms with Crippen LogP contribution in [0.25, 0.3) is 27.9 Å². The number of hydrogen-bond acceptors (Lipinski definition) is 4. The molecule has 1 atom stereocenters. The molecule has 1 aliphatic carbocycles. The number of amides is 2. The summed E-state index contributed by atoms with van der Waals surface area (Å²) in [5.41, 5.74) is 5.19. The number of hydrogen-bond donors (Lipinski definition) is 1. The number of ether oxygens (including phenoxy) is 1. The summed E-state index contributed by atoms with van der Waals surface area (Å²) in [7, 11) is 0. The molecule has 8 heteroatoms. The zero-order chi connectivity index (χ0) is 27.3. The highest BCUT2D eigenvalue weighted by atomic mass is 16.6. The van der Waals surface area contributed by atoms with E-state index in [9.17, 15) is 9.59 Å². The number of carbonyl (C=O) groups is 2. The van der Waals surface area contributed by atoms with Crippen molar-refractivity contribution in [1.29, 1.82) is 0 Å². The summed E-state index contributed by atoms with van der Waals surface area (Å²) < 4.78 is 9.88. The standard InChI is InChI=1S/C31H37N5O3/c1-20-28(26-16-22-8-5-6-10-25(22)36(26)18-21-11-12-21)33-27-17-23(13-15-35(20)27)29(37)34-14-7-9-24(19-34)32-30(38)39-31(2,3)4/h5-6,8,10,13,15-17,21,24H,7,9,11-12,14,18-19H2,1-4H3,(H,32,38). The number of aromatic nitrogens is 3. The second-order valence-electron chi connectivity index (χ2n) is 12.1. The number of alkyl carbamates (subject to hydrolysis) is 1. The second-order valence-corrected chi connectivity index (χ2v) is 12.1. The second kappa shape index (κ2) is 9.74. The van der Waals surface area contributed by atoms with Gasteiger partial charge in [-0.05, 0) is 83.6 Å². The highest BCUT2D eigenvalue weighted by Crippen LogP contribution is 2.36. The summed E-state index contributed by atoms with van der Waals surface area (Å²) in [4.78, 5) is 32.6. The lowest BCUT2D eigenvalue weighted by Gasteiger charge is -2.33. The Bertz CT molecular complexity index is 1560. The van der Waals surface area contributed by atoms with Crippen molar-refractivity contribution in [3.05, 3.63) is 59.9 Å². The number of benzene rings is 1. The Morgan fingerprint density at radius 3 is 2.67 bits per heavy atom. The van der Waals surface area contributed by atoms with Crippen LogP contribution in [0.5, 0.6) is 0 Å². The molecule has 3 aromatic heterocycles. The van der Waals surface area contributed by atoms with Crippen molar-refractivity contribution in [1.82, 2.24) is 24.2 Å². The van der Waals surface area contributed by atoms with E-state index in [4.69, 9.17) is 9.72 Å². The molecular weight excluding hydrogens is 490 g/mol. The number of imidazole rings is 1. The van der Waals surface area contributed by atoms with Gasteiger partial charge in [-0.25, -0.2) is 9.78 Å². The summed E-state index contributed by atoms with van der Waals surface area (Å²) in [6.07, 6.45) is 5.72. The average Bonchev–Trinajstić information content (AvgIpc) is 3.56. The van der Waals surface area contributed by atoms with Crippen LogP contribution in [0.4, 0.5) is 4.79 Å². The molecular formula is C31H37N5O3. The van der Waals surface area contributed by atoms with Crippen LogP contribution in [0, 0.1) is 12.8 Å². The third-order valence-corrected chi connectivity index (χ3v) is 7.73. The number of fused-ring (bicyclic) bond motifs is 2. The SMILES string of the molecule is Cc1c(-c2cc3ccccc3n2CC2CC2)nc2cc(C(=O)N3CCCC(NC(=O)OC(C)(C)C)C3)ccn12. The van der Waals surface area contributed by atoms with Crippen molar-refractivity contribution in [3.8, 4) is 11.4 Å². The molecule has 1 unspecified atom stereocenters. The largest absolute Gasteiger partial charge is 0.444 e. The Balaban J connectivity index is 1.25. The van der Waals surface area contributed by atoms with Crippen LogP contribution in [0.15, 0.2) is 48.7 Å². The first-order chi connectivity index (χ1) is 18.7. The molecule has 1 saturated heterocycles. The number of nitrogens with one attached hydrogen (secondary N) is 1. The summed E-state index contributed by atoms with van der Waals surface area (Å²) >= 11 is 0. The molecule has 1 aliphatic heterocycles. The fourth-order valence-electron chi connectivity index (χ4n) is 5.64. The molecule has 1 N–H and O–H groups in total. The predicted octanol–water partition coefficient (Wildman–Crippen LogP) is 5.80. The van der Waals surface area contributed by atoms with Gasteiger partial charge in [0.05, 0.1) is 5.69 Å². The van der Waals surface area contributed by atoms with E-state index in [2.05, 4.69) is 51.5 Å². The minimum atomic E-state index is -0.558. The molecule has 1 saturated carbocycles. The Morgan fingerprint density at radius 1 is 1.10 bits per heavy atom. The molecule has 4 heterocycles. The summed E-state index contributed by atoms with van der Waals surface area (Å²) in [5.74, 6) is 0.692. The number of piperidine rings is 1. The van der Waals surface area contributed by atoms with Gasteiger partial charge in [0.2, 0.25) is 0 Å². The van der Waals surface area contributed by atoms with Crippen molar-refractivity contribution in [2.75, 3.05) is 13.1 Å². The van der Waals surface area contributed by atoms with Crippen molar-refractivity contribution < 1.29 is 14.3 Å². The number of rotatable bonds is 5. The van der Waals surface area contributed by atoms with Crippen LogP contribution in [-0.2, 0) is 11.3 Å². The zero-order valence-corrected chi connectivity index (χ0v) is 23.2. The van der Waals surface area contributed by atoms with Gasteiger partial charge in [0.15, 0.2) is 0 Å². The maximum atomic E-state index is 13.5. The van der Waals surface area contributed by atoms with Gasteiger partial charge >= 0.3 is 6.09 Å². The van der Waals surface area contributed by atoms with Crippen molar-refractivity contribution >= 4 is 28.6 Å². The number of nitrogens with zero attached hydrogens (tertiary/aromatic N) is 4. The Hall–Kier alpha value is -3.81. The first kappa shape index (κ1) is 25.5. The van der Waals surface area contributed by atoms with E-state index in [-0.39, 0.29) is 11.9 Å². The van der Waals surface area contributed by atoms with E-state index in [0.29, 0.717) is 18.7 Å². The zero-order valence-electron chi connectivity index (χ0n) is 23.2. The van der Waals surface area contributed by atoms with Crippen molar-refractivity contribution in [2.24, 2.45) is 5.92 Å². The molecule has 0 bridgehead atoms. The molecule has 6 rings (SSSR count). The summed E-state index contributed by atoms with van der Waals surface area (Å²) in [6.45, 7) is 9.75. The highest BCUT2D eigenvalue weighted by molar-refractivity contribution is 5.95. The first-order valence-electron chi connectivity index (χ1n) is 14.0. The van der Waals surface area contributed by atoms with Crippen LogP contribution >= 0.6 is 0 Å². The van der Waals surface area contributed by atoms with Crippen LogP contribution in [0.1, 0.15) is 62.5 Å². The number of para-hydroxylation sites is 1. The lowest BCUT2D eigenvalue weighted by Crippen LogP contribution is -2.50. The molecule has 1 aromatic carbocycles. The molecule has 204 valence electrons. The third kappa shape index (κ3) is 5.24. The van der Waals surface area contributed by atoms with Gasteiger partial charge < -0.3 is 23.9 Å². The maximum Gasteiger partial charge on any atom is 0.407 e. The topological polar surface area (TPSA) is 80.9 Å². The third-order valence-electron chi connectivity index (χ3n) is 7.73. The molecule has 8 nitrogen and oxygen atoms in total. The molecule has 2 amide bonds. The van der Waals surface area contributed by atoms with E-state index in [1.165, 1.54) is 23.7 Å². The Labute approximate surface area is 229 Å². The predicted molar refractivity (Wildman–Crippen MR) is 152 cm³/mol. The number of carbonyl (C=O) groups excluding carboxylic acids is 2. The van der Waals surface area contributed by atoms with Gasteiger partial charge in [0.1, 0.15) is 16.9 Å². The van der Waals surface area contributed by atoms with Gasteiger partial charge in [-0.15, -0.1) is 0 Å². The number of likely N-dealkylation sites (tertiary alicyclic amines) is 1. The molecule has 39 heavy (non-hydrogen) atoms. The van der Waals surface area contributed by atoms with Gasteiger partial charge in [0, 0.05) is 54.0 Å². The van der Waals surface area contributed by atoms with Gasteiger partial charge in [-0.2, -0.15) is 0 Å². The van der Waals surface area contributed by atoms with Crippen molar-refractivity contribution in [2.45, 2.75) is 71.6 Å². The van der Waals surface area contributed by atoms with Gasteiger partial charge in [0.25, 0.3) is 5.91 Å². The van der Waals surface area contributed by atoms with Crippen LogP contribution in [0.2, 0.25) is 0 Å². The highest BCUT2D eigenvalue weighted by Gasteiger charge is 2.28. The van der Waals surface area contributed by atoms with E-state index < -0.39 is 11.7 Å². The Kier molecular flexibility index (Phi) is 6.36. The van der Waals surface area contributed by atoms with Crippen LogP contribution in [-0.4, -0.2) is 55.6 Å². The normalized spacial score (nSPS) is 18.1. The minimum absolute atomic E-state index is 0.0433. The number of aryl methyl sites for hydroxylation is 1. The van der Waals surface area contributed by atoms with Crippen molar-refractivity contribution in [3.63, 3.8) is 0 Å². The molecule has 2 aliphatic rings. The average molecular weight is 528 g/mol. The molecule has 0 spiro atoms. The summed E-state index contributed by atoms with van der Waals surface area (Å²) in [6, 6.07) is 14.4. The van der Waals surface area contributed by atoms with Crippen LogP contribution in [0.3, 0.4) is 0 Å². The fourth-order valence-corrected chi connectivity index (χ4v) is 5.64. The van der Waals surface area contributed by atoms with Gasteiger partial charge in [-0.3, -0.25) is 4.79 Å². The lowest BCUT2D eigenvalue weighted by atomic mass is 10.0. The van der Waals surface area contributed by atoms with Crippen LogP contribution < -0.4 is 5.32 Å². The molecule has 0 radical (unpaired) electrons. The van der Waals surface area contributed by atoms with E-state index in [1.807, 2.05) is 44.0 Å². The van der Waals surface area contributed by atoms with E-state index in [0.717, 1.165) is 48.0 Å². The quantitative estimate of drug-likeness (QED) is 0.356. The summed E-state index contributed by atoms with van der Waals surface area (Å²) in [5, 5.41) is 4.15. The first-order valence-corrected chi connectivity index (χ1v) is 14.0. The lowest BCUT2D eigenvalue weighted by molar-refractivity contribution is 0.0452. The molecule has 2 fully saturated rings. The van der Waals surface area contributed by atoms with Gasteiger partial charge in [-0.1, -0.05) is 18.2 Å². The maximum absolute atomic E-state index is 13.5.